The first-order valence-corrected chi connectivity index (χ1v) is 14.4. The number of benzene rings is 2. The van der Waals surface area contributed by atoms with E-state index in [0.717, 1.165) is 11.1 Å². The van der Waals surface area contributed by atoms with Crippen molar-refractivity contribution >= 4 is 23.4 Å². The Morgan fingerprint density at radius 1 is 1.10 bits per heavy atom. The number of nitrogens with zero attached hydrogens (tertiary/aromatic N) is 2. The SMILES string of the molecule is C=CCc1cc(/C=c2\sc3n(c2=O)[C@H](c2ccc(OC(C)C)c(OC)c2)C(C(=O)OCC)=C(C)N=3)cc(OC)c1OC. The molecule has 0 N–H and O–H groups in total. The van der Waals surface area contributed by atoms with Crippen LogP contribution >= 0.6 is 11.3 Å². The molecule has 1 aliphatic rings. The molecule has 0 spiro atoms. The molecule has 10 heteroatoms. The van der Waals surface area contributed by atoms with E-state index in [1.54, 1.807) is 64.0 Å². The highest BCUT2D eigenvalue weighted by Crippen LogP contribution is 2.37. The standard InChI is InChI=1S/C32H36N2O7S/c1-9-11-22-14-20(15-25(38-7)29(22)39-8)16-26-30(35)34-28(21-12-13-23(41-18(3)4)24(17-21)37-6)27(31(36)40-10-2)19(5)33-32(34)42-26/h9,12-18,28H,1,10-11H2,2-8H3/b26-16-/t28-/m1/s1. The van der Waals surface area contributed by atoms with Crippen molar-refractivity contribution in [1.29, 1.82) is 0 Å². The molecule has 0 fully saturated rings. The van der Waals surface area contributed by atoms with E-state index >= 15 is 0 Å². The molecule has 0 aliphatic carbocycles. The van der Waals surface area contributed by atoms with Crippen molar-refractivity contribution in [3.8, 4) is 23.0 Å². The number of ether oxygens (including phenoxy) is 5. The van der Waals surface area contributed by atoms with Crippen molar-refractivity contribution in [1.82, 2.24) is 4.57 Å². The van der Waals surface area contributed by atoms with E-state index in [2.05, 4.69) is 11.6 Å². The third-order valence-corrected chi connectivity index (χ3v) is 7.61. The molecule has 0 amide bonds. The van der Waals surface area contributed by atoms with Crippen molar-refractivity contribution in [3.05, 3.63) is 90.6 Å². The summed E-state index contributed by atoms with van der Waals surface area (Å²) in [6.45, 7) is 11.4. The van der Waals surface area contributed by atoms with Gasteiger partial charge in [-0.3, -0.25) is 9.36 Å². The molecule has 0 unspecified atom stereocenters. The zero-order valence-electron chi connectivity index (χ0n) is 25.0. The van der Waals surface area contributed by atoms with Gasteiger partial charge in [-0.1, -0.05) is 23.5 Å². The Morgan fingerprint density at radius 3 is 2.45 bits per heavy atom. The maximum absolute atomic E-state index is 14.1. The van der Waals surface area contributed by atoms with Crippen LogP contribution in [0.4, 0.5) is 0 Å². The summed E-state index contributed by atoms with van der Waals surface area (Å²) in [7, 11) is 4.70. The predicted octanol–water partition coefficient (Wildman–Crippen LogP) is 4.34. The summed E-state index contributed by atoms with van der Waals surface area (Å²) in [6.07, 6.45) is 4.06. The van der Waals surface area contributed by atoms with Crippen LogP contribution in [-0.4, -0.2) is 44.6 Å². The topological polar surface area (TPSA) is 97.6 Å². The van der Waals surface area contributed by atoms with Gasteiger partial charge in [-0.2, -0.15) is 0 Å². The Kier molecular flexibility index (Phi) is 9.57. The number of thiazole rings is 1. The summed E-state index contributed by atoms with van der Waals surface area (Å²) in [5.41, 5.74) is 2.76. The molecule has 42 heavy (non-hydrogen) atoms. The fourth-order valence-corrected chi connectivity index (χ4v) is 5.97. The van der Waals surface area contributed by atoms with Crippen LogP contribution in [0.3, 0.4) is 0 Å². The van der Waals surface area contributed by atoms with Crippen LogP contribution in [0.15, 0.2) is 64.0 Å². The predicted molar refractivity (Wildman–Crippen MR) is 163 cm³/mol. The van der Waals surface area contributed by atoms with Crippen LogP contribution in [0.2, 0.25) is 0 Å². The van der Waals surface area contributed by atoms with Crippen molar-refractivity contribution in [2.45, 2.75) is 46.3 Å². The molecule has 0 radical (unpaired) electrons. The van der Waals surface area contributed by atoms with Crippen LogP contribution in [0.5, 0.6) is 23.0 Å². The average molecular weight is 593 g/mol. The van der Waals surface area contributed by atoms with Gasteiger partial charge in [-0.25, -0.2) is 9.79 Å². The third-order valence-electron chi connectivity index (χ3n) is 6.62. The van der Waals surface area contributed by atoms with Gasteiger partial charge in [-0.05, 0) is 75.6 Å². The van der Waals surface area contributed by atoms with E-state index in [1.165, 1.54) is 11.3 Å². The van der Waals surface area contributed by atoms with Crippen LogP contribution in [0.25, 0.3) is 6.08 Å². The molecule has 2 heterocycles. The largest absolute Gasteiger partial charge is 0.493 e. The van der Waals surface area contributed by atoms with Gasteiger partial charge in [0.1, 0.15) is 0 Å². The van der Waals surface area contributed by atoms with Gasteiger partial charge in [0.2, 0.25) is 0 Å². The van der Waals surface area contributed by atoms with Crippen LogP contribution < -0.4 is 33.8 Å². The number of methoxy groups -OCH3 is 3. The second kappa shape index (κ2) is 13.1. The molecule has 9 nitrogen and oxygen atoms in total. The lowest BCUT2D eigenvalue weighted by Gasteiger charge is -2.25. The van der Waals surface area contributed by atoms with Gasteiger partial charge < -0.3 is 23.7 Å². The maximum Gasteiger partial charge on any atom is 0.338 e. The van der Waals surface area contributed by atoms with Crippen LogP contribution in [-0.2, 0) is 16.0 Å². The van der Waals surface area contributed by atoms with Crippen molar-refractivity contribution < 1.29 is 28.5 Å². The number of carbonyl (C=O) groups is 1. The van der Waals surface area contributed by atoms with Crippen LogP contribution in [0, 0.1) is 0 Å². The number of aromatic nitrogens is 1. The summed E-state index contributed by atoms with van der Waals surface area (Å²) >= 11 is 1.24. The van der Waals surface area contributed by atoms with E-state index in [-0.39, 0.29) is 23.8 Å². The number of hydrogen-bond acceptors (Lipinski definition) is 9. The monoisotopic (exact) mass is 592 g/mol. The number of hydrogen-bond donors (Lipinski definition) is 0. The first-order chi connectivity index (χ1) is 20.2. The van der Waals surface area contributed by atoms with Crippen molar-refractivity contribution in [2.24, 2.45) is 4.99 Å². The van der Waals surface area contributed by atoms with Crippen LogP contribution in [0.1, 0.15) is 50.4 Å². The highest BCUT2D eigenvalue weighted by molar-refractivity contribution is 7.07. The minimum absolute atomic E-state index is 0.0665. The highest BCUT2D eigenvalue weighted by Gasteiger charge is 2.34. The van der Waals surface area contributed by atoms with Gasteiger partial charge >= 0.3 is 5.97 Å². The second-order valence-corrected chi connectivity index (χ2v) is 10.8. The molecule has 2 aromatic carbocycles. The fraction of sp³-hybridized carbons (Fsp3) is 0.344. The van der Waals surface area contributed by atoms with Gasteiger partial charge in [0.25, 0.3) is 5.56 Å². The molecule has 1 aliphatic heterocycles. The first-order valence-electron chi connectivity index (χ1n) is 13.6. The zero-order chi connectivity index (χ0) is 30.6. The van der Waals surface area contributed by atoms with Crippen molar-refractivity contribution in [2.75, 3.05) is 27.9 Å². The molecular formula is C32H36N2O7S. The Labute approximate surface area is 249 Å². The van der Waals surface area contributed by atoms with E-state index in [1.807, 2.05) is 32.0 Å². The quantitative estimate of drug-likeness (QED) is 0.241. The molecular weight excluding hydrogens is 556 g/mol. The Hall–Kier alpha value is -4.31. The molecule has 222 valence electrons. The first kappa shape index (κ1) is 30.6. The molecule has 1 aromatic heterocycles. The maximum atomic E-state index is 14.1. The molecule has 0 saturated heterocycles. The van der Waals surface area contributed by atoms with Gasteiger partial charge in [0, 0.05) is 5.56 Å². The molecule has 0 saturated carbocycles. The Bertz CT molecular complexity index is 1720. The summed E-state index contributed by atoms with van der Waals surface area (Å²) in [6, 6.07) is 8.36. The van der Waals surface area contributed by atoms with Gasteiger partial charge in [0.15, 0.2) is 27.8 Å². The van der Waals surface area contributed by atoms with E-state index in [4.69, 9.17) is 23.7 Å². The number of carbonyl (C=O) groups excluding carboxylic acids is 1. The number of allylic oxidation sites excluding steroid dienone is 2. The summed E-state index contributed by atoms with van der Waals surface area (Å²) < 4.78 is 30.0. The molecule has 4 rings (SSSR count). The number of rotatable bonds is 11. The molecule has 1 atom stereocenters. The fourth-order valence-electron chi connectivity index (χ4n) is 4.92. The van der Waals surface area contributed by atoms with Gasteiger partial charge in [-0.15, -0.1) is 6.58 Å². The minimum Gasteiger partial charge on any atom is -0.493 e. The highest BCUT2D eigenvalue weighted by atomic mass is 32.1. The zero-order valence-corrected chi connectivity index (χ0v) is 25.8. The minimum atomic E-state index is -0.786. The number of esters is 1. The number of fused-ring (bicyclic) bond motifs is 1. The lowest BCUT2D eigenvalue weighted by molar-refractivity contribution is -0.139. The molecule has 0 bridgehead atoms. The normalized spacial score (nSPS) is 14.8. The van der Waals surface area contributed by atoms with Crippen molar-refractivity contribution in [3.63, 3.8) is 0 Å². The third kappa shape index (κ3) is 5.99. The summed E-state index contributed by atoms with van der Waals surface area (Å²) in [5, 5.41) is 0. The summed E-state index contributed by atoms with van der Waals surface area (Å²) in [5.74, 6) is 1.68. The summed E-state index contributed by atoms with van der Waals surface area (Å²) in [4.78, 5) is 32.5. The molecule has 3 aromatic rings. The Morgan fingerprint density at radius 2 is 1.83 bits per heavy atom. The average Bonchev–Trinajstić information content (AvgIpc) is 3.26. The van der Waals surface area contributed by atoms with E-state index < -0.39 is 12.0 Å². The lowest BCUT2D eigenvalue weighted by Crippen LogP contribution is -2.40. The Balaban J connectivity index is 1.95. The van der Waals surface area contributed by atoms with E-state index in [9.17, 15) is 9.59 Å². The second-order valence-electron chi connectivity index (χ2n) is 9.79. The van der Waals surface area contributed by atoms with Gasteiger partial charge in [0.05, 0.1) is 55.9 Å². The lowest BCUT2D eigenvalue weighted by atomic mass is 9.95. The smallest absolute Gasteiger partial charge is 0.338 e. The van der Waals surface area contributed by atoms with E-state index in [0.29, 0.717) is 50.0 Å².